The summed E-state index contributed by atoms with van der Waals surface area (Å²) < 4.78 is 11.0. The Labute approximate surface area is 161 Å². The van der Waals surface area contributed by atoms with Gasteiger partial charge in [-0.3, -0.25) is 9.59 Å². The maximum atomic E-state index is 12.4. The lowest BCUT2D eigenvalue weighted by atomic mass is 9.95. The highest BCUT2D eigenvalue weighted by atomic mass is 35.5. The van der Waals surface area contributed by atoms with Crippen molar-refractivity contribution < 1.29 is 13.9 Å². The molecule has 0 aliphatic carbocycles. The molecule has 6 heteroatoms. The number of nitrogens with one attached hydrogen (secondary N) is 1. The summed E-state index contributed by atoms with van der Waals surface area (Å²) in [5.41, 5.74) is 1.06. The van der Waals surface area contributed by atoms with Gasteiger partial charge >= 0.3 is 0 Å². The van der Waals surface area contributed by atoms with Gasteiger partial charge < -0.3 is 14.5 Å². The number of carbonyl (C=O) groups is 1. The van der Waals surface area contributed by atoms with E-state index in [4.69, 9.17) is 20.8 Å². The maximum Gasteiger partial charge on any atom is 0.231 e. The number of methoxy groups -OCH3 is 1. The van der Waals surface area contributed by atoms with Crippen LogP contribution in [0.2, 0.25) is 0 Å². The van der Waals surface area contributed by atoms with Crippen LogP contribution in [0.3, 0.4) is 0 Å². The van der Waals surface area contributed by atoms with Crippen molar-refractivity contribution in [1.82, 2.24) is 0 Å². The first kappa shape index (κ1) is 19.0. The highest BCUT2D eigenvalue weighted by Gasteiger charge is 2.26. The number of alkyl halides is 1. The normalized spacial score (nSPS) is 11.4. The summed E-state index contributed by atoms with van der Waals surface area (Å²) in [6, 6.07) is 13.7. The van der Waals surface area contributed by atoms with Gasteiger partial charge in [0.1, 0.15) is 17.1 Å². The number of benzene rings is 2. The average Bonchev–Trinajstić information content (AvgIpc) is 2.68. The first-order chi connectivity index (χ1) is 12.8. The van der Waals surface area contributed by atoms with Gasteiger partial charge in [-0.2, -0.15) is 0 Å². The van der Waals surface area contributed by atoms with Crippen molar-refractivity contribution in [3.63, 3.8) is 0 Å². The van der Waals surface area contributed by atoms with Crippen molar-refractivity contribution in [3.05, 3.63) is 58.8 Å². The Hall–Kier alpha value is -2.79. The van der Waals surface area contributed by atoms with Crippen LogP contribution in [-0.4, -0.2) is 18.9 Å². The third kappa shape index (κ3) is 3.98. The smallest absolute Gasteiger partial charge is 0.231 e. The molecule has 1 aromatic heterocycles. The van der Waals surface area contributed by atoms with Gasteiger partial charge in [-0.1, -0.05) is 0 Å². The van der Waals surface area contributed by atoms with E-state index in [0.717, 1.165) is 5.56 Å². The third-order valence-electron chi connectivity index (χ3n) is 4.31. The molecule has 0 saturated carbocycles. The molecule has 3 rings (SSSR count). The number of amides is 1. The van der Waals surface area contributed by atoms with Crippen molar-refractivity contribution in [3.8, 4) is 17.1 Å². The van der Waals surface area contributed by atoms with Gasteiger partial charge in [0.05, 0.1) is 17.9 Å². The predicted molar refractivity (Wildman–Crippen MR) is 108 cm³/mol. The van der Waals surface area contributed by atoms with Gasteiger partial charge in [0.25, 0.3) is 0 Å². The lowest BCUT2D eigenvalue weighted by Crippen LogP contribution is -2.32. The van der Waals surface area contributed by atoms with Crippen molar-refractivity contribution >= 4 is 34.2 Å². The van der Waals surface area contributed by atoms with Gasteiger partial charge in [-0.05, 0) is 56.3 Å². The topological polar surface area (TPSA) is 68.5 Å². The van der Waals surface area contributed by atoms with E-state index in [-0.39, 0.29) is 17.2 Å². The van der Waals surface area contributed by atoms with E-state index < -0.39 is 5.41 Å². The predicted octanol–water partition coefficient (Wildman–Crippen LogP) is 4.67. The Balaban J connectivity index is 1.89. The minimum absolute atomic E-state index is 0.147. The second-order valence-corrected chi connectivity index (χ2v) is 7.15. The minimum atomic E-state index is -0.660. The van der Waals surface area contributed by atoms with E-state index in [1.807, 2.05) is 0 Å². The molecular weight excluding hydrogens is 366 g/mol. The van der Waals surface area contributed by atoms with E-state index in [1.54, 1.807) is 63.4 Å². The molecule has 0 saturated heterocycles. The van der Waals surface area contributed by atoms with Crippen LogP contribution >= 0.6 is 11.6 Å². The Morgan fingerprint density at radius 3 is 2.48 bits per heavy atom. The lowest BCUT2D eigenvalue weighted by molar-refractivity contribution is -0.122. The zero-order valence-corrected chi connectivity index (χ0v) is 16.1. The quantitative estimate of drug-likeness (QED) is 0.648. The van der Waals surface area contributed by atoms with E-state index in [2.05, 4.69) is 5.32 Å². The van der Waals surface area contributed by atoms with E-state index in [9.17, 15) is 9.59 Å². The molecule has 0 atom stereocenters. The van der Waals surface area contributed by atoms with E-state index in [0.29, 0.717) is 28.2 Å². The molecule has 3 aromatic rings. The zero-order valence-electron chi connectivity index (χ0n) is 15.3. The SMILES string of the molecule is COc1ccc2oc(-c3ccc(NC(=O)C(C)(C)CCl)cc3)cc(=O)c2c1. The molecule has 0 unspecified atom stereocenters. The molecule has 0 aliphatic heterocycles. The molecule has 1 N–H and O–H groups in total. The molecule has 5 nitrogen and oxygen atoms in total. The molecule has 1 amide bonds. The Morgan fingerprint density at radius 1 is 1.15 bits per heavy atom. The van der Waals surface area contributed by atoms with Gasteiger partial charge in [0.2, 0.25) is 5.91 Å². The largest absolute Gasteiger partial charge is 0.497 e. The molecule has 2 aromatic carbocycles. The fraction of sp³-hybridized carbons (Fsp3) is 0.238. The molecule has 140 valence electrons. The molecule has 0 fully saturated rings. The van der Waals surface area contributed by atoms with Crippen molar-refractivity contribution in [2.75, 3.05) is 18.3 Å². The van der Waals surface area contributed by atoms with Crippen LogP contribution in [-0.2, 0) is 4.79 Å². The molecule has 0 spiro atoms. The first-order valence-corrected chi connectivity index (χ1v) is 8.97. The van der Waals surface area contributed by atoms with Crippen molar-refractivity contribution in [2.24, 2.45) is 5.41 Å². The highest BCUT2D eigenvalue weighted by molar-refractivity contribution is 6.20. The van der Waals surface area contributed by atoms with E-state index >= 15 is 0 Å². The van der Waals surface area contributed by atoms with Gasteiger partial charge in [0, 0.05) is 23.2 Å². The number of halogens is 1. The number of hydrogen-bond donors (Lipinski definition) is 1. The number of ether oxygens (including phenoxy) is 1. The molecule has 0 radical (unpaired) electrons. The van der Waals surface area contributed by atoms with Crippen molar-refractivity contribution in [1.29, 1.82) is 0 Å². The number of carbonyl (C=O) groups excluding carboxylic acids is 1. The summed E-state index contributed by atoms with van der Waals surface area (Å²) in [7, 11) is 1.55. The second kappa shape index (κ2) is 7.45. The van der Waals surface area contributed by atoms with Crippen LogP contribution in [0, 0.1) is 5.41 Å². The van der Waals surface area contributed by atoms with Crippen LogP contribution in [0.15, 0.2) is 57.7 Å². The molecule has 0 aliphatic rings. The van der Waals surface area contributed by atoms with E-state index in [1.165, 1.54) is 6.07 Å². The fourth-order valence-electron chi connectivity index (χ4n) is 2.48. The van der Waals surface area contributed by atoms with Crippen LogP contribution in [0.25, 0.3) is 22.3 Å². The molecule has 0 bridgehead atoms. The molecule has 1 heterocycles. The number of fused-ring (bicyclic) bond motifs is 1. The lowest BCUT2D eigenvalue weighted by Gasteiger charge is -2.20. The molecule has 27 heavy (non-hydrogen) atoms. The Bertz CT molecular complexity index is 1040. The third-order valence-corrected chi connectivity index (χ3v) is 4.98. The van der Waals surface area contributed by atoms with Crippen LogP contribution in [0.1, 0.15) is 13.8 Å². The minimum Gasteiger partial charge on any atom is -0.497 e. The summed E-state index contributed by atoms with van der Waals surface area (Å²) in [6.07, 6.45) is 0. The van der Waals surface area contributed by atoms with Crippen LogP contribution < -0.4 is 15.5 Å². The second-order valence-electron chi connectivity index (χ2n) is 6.89. The van der Waals surface area contributed by atoms with Gasteiger partial charge in [-0.25, -0.2) is 0 Å². The number of anilines is 1. The zero-order chi connectivity index (χ0) is 19.6. The summed E-state index contributed by atoms with van der Waals surface area (Å²) in [4.78, 5) is 24.6. The maximum absolute atomic E-state index is 12.4. The summed E-state index contributed by atoms with van der Waals surface area (Å²) in [5.74, 6) is 1.12. The highest BCUT2D eigenvalue weighted by Crippen LogP contribution is 2.26. The fourth-order valence-corrected chi connectivity index (χ4v) is 2.60. The van der Waals surface area contributed by atoms with Gasteiger partial charge in [0.15, 0.2) is 5.43 Å². The molecular formula is C21H20ClNO4. The number of hydrogen-bond acceptors (Lipinski definition) is 4. The summed E-state index contributed by atoms with van der Waals surface area (Å²) >= 11 is 5.83. The first-order valence-electron chi connectivity index (χ1n) is 8.44. The van der Waals surface area contributed by atoms with Gasteiger partial charge in [-0.15, -0.1) is 11.6 Å². The Morgan fingerprint density at radius 2 is 1.85 bits per heavy atom. The standard InChI is InChI=1S/C21H20ClNO4/c1-21(2,12-22)20(25)23-14-6-4-13(5-7-14)19-11-17(24)16-10-15(26-3)8-9-18(16)27-19/h4-11H,12H2,1-3H3,(H,23,25). The summed E-state index contributed by atoms with van der Waals surface area (Å²) in [6.45, 7) is 3.56. The Kier molecular flexibility index (Phi) is 5.24. The summed E-state index contributed by atoms with van der Waals surface area (Å²) in [5, 5.41) is 3.30. The van der Waals surface area contributed by atoms with Crippen LogP contribution in [0.4, 0.5) is 5.69 Å². The average molecular weight is 386 g/mol. The van der Waals surface area contributed by atoms with Crippen molar-refractivity contribution in [2.45, 2.75) is 13.8 Å². The number of rotatable bonds is 5. The monoisotopic (exact) mass is 385 g/mol. The van der Waals surface area contributed by atoms with Crippen LogP contribution in [0.5, 0.6) is 5.75 Å².